The van der Waals surface area contributed by atoms with Crippen molar-refractivity contribution >= 4 is 5.97 Å². The summed E-state index contributed by atoms with van der Waals surface area (Å²) in [5.41, 5.74) is -0.355. The molecule has 0 heterocycles. The van der Waals surface area contributed by atoms with Crippen LogP contribution in [0.2, 0.25) is 0 Å². The molecule has 0 amide bonds. The molecule has 0 saturated heterocycles. The number of hydrogen-bond acceptors (Lipinski definition) is 2. The van der Waals surface area contributed by atoms with Gasteiger partial charge < -0.3 is 4.74 Å². The van der Waals surface area contributed by atoms with Gasteiger partial charge in [-0.1, -0.05) is 6.92 Å². The number of carbonyl (C=O) groups is 1. The fourth-order valence-electron chi connectivity index (χ4n) is 0.537. The Morgan fingerprint density at radius 2 is 2.00 bits per heavy atom. The molecule has 0 spiro atoms. The van der Waals surface area contributed by atoms with E-state index in [4.69, 9.17) is 4.74 Å². The maximum Gasteiger partial charge on any atom is 0.306 e. The molecule has 0 saturated carbocycles. The third-order valence-corrected chi connectivity index (χ3v) is 0.801. The van der Waals surface area contributed by atoms with E-state index >= 15 is 0 Å². The Morgan fingerprint density at radius 3 is 2.30 bits per heavy atom. The highest BCUT2D eigenvalue weighted by Crippen LogP contribution is 2.08. The van der Waals surface area contributed by atoms with E-state index in [9.17, 15) is 4.79 Å². The molecule has 0 aliphatic rings. The first-order valence-electron chi connectivity index (χ1n) is 3.47. The summed E-state index contributed by atoms with van der Waals surface area (Å²) >= 11 is 0. The van der Waals surface area contributed by atoms with Gasteiger partial charge >= 0.3 is 5.97 Å². The van der Waals surface area contributed by atoms with Gasteiger partial charge in [-0.05, 0) is 27.2 Å². The van der Waals surface area contributed by atoms with Gasteiger partial charge in [-0.15, -0.1) is 0 Å². The van der Waals surface area contributed by atoms with Gasteiger partial charge in [0.05, 0.1) is 0 Å². The Balaban J connectivity index is 3.58. The summed E-state index contributed by atoms with van der Waals surface area (Å²) < 4.78 is 5.00. The van der Waals surface area contributed by atoms with Gasteiger partial charge in [-0.2, -0.15) is 0 Å². The van der Waals surface area contributed by atoms with E-state index < -0.39 is 0 Å². The van der Waals surface area contributed by atoms with Crippen LogP contribution in [-0.4, -0.2) is 11.6 Å². The van der Waals surface area contributed by atoms with Crippen molar-refractivity contribution in [1.29, 1.82) is 0 Å². The van der Waals surface area contributed by atoms with Crippen molar-refractivity contribution in [2.24, 2.45) is 0 Å². The van der Waals surface area contributed by atoms with Gasteiger partial charge in [-0.3, -0.25) is 4.79 Å². The van der Waals surface area contributed by atoms with Crippen LogP contribution >= 0.6 is 0 Å². The molecular formula is C8H15O2. The second-order valence-corrected chi connectivity index (χ2v) is 3.19. The van der Waals surface area contributed by atoms with E-state index in [1.54, 1.807) is 0 Å². The summed E-state index contributed by atoms with van der Waals surface area (Å²) in [4.78, 5) is 10.8. The lowest BCUT2D eigenvalue weighted by Gasteiger charge is -2.18. The molecule has 0 aromatic carbocycles. The standard InChI is InChI=1S/C8H15O2/c1-5-6-7(9)10-8(2,3)4/h1,5-6H2,2-4H3. The molecule has 1 radical (unpaired) electrons. The summed E-state index contributed by atoms with van der Waals surface area (Å²) in [7, 11) is 0. The maximum absolute atomic E-state index is 10.8. The molecular weight excluding hydrogens is 128 g/mol. The van der Waals surface area contributed by atoms with Gasteiger partial charge in [0.1, 0.15) is 5.60 Å². The fourth-order valence-corrected chi connectivity index (χ4v) is 0.537. The van der Waals surface area contributed by atoms with Crippen LogP contribution < -0.4 is 0 Å². The van der Waals surface area contributed by atoms with Crippen LogP contribution in [-0.2, 0) is 9.53 Å². The first-order valence-corrected chi connectivity index (χ1v) is 3.47. The minimum Gasteiger partial charge on any atom is -0.460 e. The summed E-state index contributed by atoms with van der Waals surface area (Å²) in [6.07, 6.45) is 1.02. The zero-order valence-corrected chi connectivity index (χ0v) is 6.94. The molecule has 2 heteroatoms. The highest BCUT2D eigenvalue weighted by atomic mass is 16.6. The van der Waals surface area contributed by atoms with Gasteiger partial charge in [0.15, 0.2) is 0 Å². The predicted octanol–water partition coefficient (Wildman–Crippen LogP) is 1.94. The molecule has 10 heavy (non-hydrogen) atoms. The van der Waals surface area contributed by atoms with E-state index in [2.05, 4.69) is 6.92 Å². The first kappa shape index (κ1) is 9.47. The summed E-state index contributed by atoms with van der Waals surface area (Å²) in [5.74, 6) is -0.164. The maximum atomic E-state index is 10.8. The minimum atomic E-state index is -0.355. The third-order valence-electron chi connectivity index (χ3n) is 0.801. The van der Waals surface area contributed by atoms with E-state index in [1.165, 1.54) is 0 Å². The van der Waals surface area contributed by atoms with Crippen molar-refractivity contribution in [2.45, 2.75) is 39.2 Å². The number of ether oxygens (including phenoxy) is 1. The average molecular weight is 143 g/mol. The zero-order chi connectivity index (χ0) is 8.20. The average Bonchev–Trinajstić information content (AvgIpc) is 1.59. The molecule has 0 N–H and O–H groups in total. The molecule has 0 rings (SSSR count). The molecule has 0 bridgehead atoms. The monoisotopic (exact) mass is 143 g/mol. The van der Waals surface area contributed by atoms with Gasteiger partial charge in [0, 0.05) is 6.42 Å². The molecule has 0 fully saturated rings. The molecule has 0 aliphatic carbocycles. The Labute approximate surface area is 62.6 Å². The molecule has 0 aromatic heterocycles. The number of carbonyl (C=O) groups excluding carboxylic acids is 1. The summed E-state index contributed by atoms with van der Waals surface area (Å²) in [6, 6.07) is 0. The number of rotatable bonds is 2. The van der Waals surface area contributed by atoms with Crippen LogP contribution in [0.1, 0.15) is 33.6 Å². The SMILES string of the molecule is [CH2]CCC(=O)OC(C)(C)C. The van der Waals surface area contributed by atoms with Crippen molar-refractivity contribution < 1.29 is 9.53 Å². The normalized spacial score (nSPS) is 11.2. The lowest BCUT2D eigenvalue weighted by molar-refractivity contribution is -0.154. The van der Waals surface area contributed by atoms with E-state index in [1.807, 2.05) is 20.8 Å². The van der Waals surface area contributed by atoms with E-state index in [0.717, 1.165) is 0 Å². The Bertz CT molecular complexity index is 111. The zero-order valence-electron chi connectivity index (χ0n) is 6.94. The van der Waals surface area contributed by atoms with Crippen molar-refractivity contribution in [3.8, 4) is 0 Å². The van der Waals surface area contributed by atoms with E-state index in [-0.39, 0.29) is 11.6 Å². The summed E-state index contributed by atoms with van der Waals surface area (Å²) in [5, 5.41) is 0. The van der Waals surface area contributed by atoms with Crippen LogP contribution in [0.25, 0.3) is 0 Å². The lowest BCUT2D eigenvalue weighted by Crippen LogP contribution is -2.23. The van der Waals surface area contributed by atoms with Crippen LogP contribution in [0, 0.1) is 6.92 Å². The molecule has 0 atom stereocenters. The number of hydrogen-bond donors (Lipinski definition) is 0. The molecule has 0 unspecified atom stereocenters. The second-order valence-electron chi connectivity index (χ2n) is 3.19. The molecule has 0 aliphatic heterocycles. The van der Waals surface area contributed by atoms with Gasteiger partial charge in [-0.25, -0.2) is 0 Å². The predicted molar refractivity (Wildman–Crippen MR) is 40.4 cm³/mol. The summed E-state index contributed by atoms with van der Waals surface area (Å²) in [6.45, 7) is 9.12. The van der Waals surface area contributed by atoms with Crippen molar-refractivity contribution in [2.75, 3.05) is 0 Å². The van der Waals surface area contributed by atoms with Crippen molar-refractivity contribution in [3.05, 3.63) is 6.92 Å². The molecule has 59 valence electrons. The van der Waals surface area contributed by atoms with Crippen molar-refractivity contribution in [1.82, 2.24) is 0 Å². The largest absolute Gasteiger partial charge is 0.460 e. The van der Waals surface area contributed by atoms with Crippen LogP contribution in [0.5, 0.6) is 0 Å². The highest BCUT2D eigenvalue weighted by molar-refractivity contribution is 5.69. The second kappa shape index (κ2) is 3.59. The molecule has 2 nitrogen and oxygen atoms in total. The van der Waals surface area contributed by atoms with Crippen molar-refractivity contribution in [3.63, 3.8) is 0 Å². The minimum absolute atomic E-state index is 0.164. The highest BCUT2D eigenvalue weighted by Gasteiger charge is 2.14. The third kappa shape index (κ3) is 5.60. The fraction of sp³-hybridized carbons (Fsp3) is 0.750. The van der Waals surface area contributed by atoms with Gasteiger partial charge in [0.2, 0.25) is 0 Å². The smallest absolute Gasteiger partial charge is 0.306 e. The lowest BCUT2D eigenvalue weighted by atomic mass is 10.2. The number of esters is 1. The van der Waals surface area contributed by atoms with Crippen LogP contribution in [0.4, 0.5) is 0 Å². The Hall–Kier alpha value is -0.530. The Morgan fingerprint density at radius 1 is 1.50 bits per heavy atom. The first-order chi connectivity index (χ1) is 4.45. The van der Waals surface area contributed by atoms with Crippen LogP contribution in [0.15, 0.2) is 0 Å². The molecule has 0 aromatic rings. The topological polar surface area (TPSA) is 26.3 Å². The van der Waals surface area contributed by atoms with Crippen LogP contribution in [0.3, 0.4) is 0 Å². The Kier molecular flexibility index (Phi) is 3.40. The van der Waals surface area contributed by atoms with Gasteiger partial charge in [0.25, 0.3) is 0 Å². The quantitative estimate of drug-likeness (QED) is 0.552. The van der Waals surface area contributed by atoms with E-state index in [0.29, 0.717) is 12.8 Å².